The molecule has 1 unspecified atom stereocenters. The highest BCUT2D eigenvalue weighted by molar-refractivity contribution is 6.17. The molecule has 0 fully saturated rings. The van der Waals surface area contributed by atoms with Gasteiger partial charge in [0.1, 0.15) is 6.61 Å². The maximum Gasteiger partial charge on any atom is 0.308 e. The van der Waals surface area contributed by atoms with Crippen molar-refractivity contribution in [2.75, 3.05) is 65.3 Å². The van der Waals surface area contributed by atoms with Crippen LogP contribution < -0.4 is 0 Å². The first-order valence-electron chi connectivity index (χ1n) is 11.3. The minimum absolute atomic E-state index is 0.0183. The number of carbonyl (C=O) groups is 1. The molecular formula is C22H43ClO6. The molecule has 0 aromatic heterocycles. The number of rotatable bonds is 23. The Kier molecular flexibility index (Phi) is 23.5. The van der Waals surface area contributed by atoms with Crippen LogP contribution in [0.5, 0.6) is 0 Å². The molecule has 0 rings (SSSR count). The zero-order valence-electron chi connectivity index (χ0n) is 18.6. The van der Waals surface area contributed by atoms with Crippen molar-refractivity contribution >= 4 is 17.6 Å². The fraction of sp³-hybridized carbons (Fsp3) is 0.955. The molecule has 0 N–H and O–H groups in total. The average Bonchev–Trinajstić information content (AvgIpc) is 2.73. The van der Waals surface area contributed by atoms with E-state index in [2.05, 4.69) is 6.92 Å². The Labute approximate surface area is 182 Å². The van der Waals surface area contributed by atoms with Crippen molar-refractivity contribution in [3.8, 4) is 0 Å². The number of hydrogen-bond acceptors (Lipinski definition) is 6. The third kappa shape index (κ3) is 20.6. The topological polar surface area (TPSA) is 63.2 Å². The minimum atomic E-state index is -0.103. The lowest BCUT2D eigenvalue weighted by molar-refractivity contribution is -0.150. The van der Waals surface area contributed by atoms with Gasteiger partial charge >= 0.3 is 5.97 Å². The van der Waals surface area contributed by atoms with Crippen LogP contribution in [-0.2, 0) is 28.5 Å². The Morgan fingerprint density at radius 3 is 1.72 bits per heavy atom. The number of carbonyl (C=O) groups excluding carboxylic acids is 1. The zero-order valence-corrected chi connectivity index (χ0v) is 19.4. The molecule has 7 heteroatoms. The van der Waals surface area contributed by atoms with Gasteiger partial charge in [-0.3, -0.25) is 4.79 Å². The van der Waals surface area contributed by atoms with Crippen molar-refractivity contribution in [1.82, 2.24) is 0 Å². The van der Waals surface area contributed by atoms with Gasteiger partial charge in [0.05, 0.1) is 52.2 Å². The normalized spacial score (nSPS) is 12.2. The first-order valence-corrected chi connectivity index (χ1v) is 11.8. The molecule has 0 spiro atoms. The third-order valence-electron chi connectivity index (χ3n) is 4.49. The van der Waals surface area contributed by atoms with Gasteiger partial charge in [-0.25, -0.2) is 0 Å². The van der Waals surface area contributed by atoms with E-state index in [-0.39, 0.29) is 11.9 Å². The van der Waals surface area contributed by atoms with E-state index in [0.717, 1.165) is 51.0 Å². The Balaban J connectivity index is 3.23. The van der Waals surface area contributed by atoms with Gasteiger partial charge in [0, 0.05) is 12.5 Å². The lowest BCUT2D eigenvalue weighted by Gasteiger charge is -2.13. The molecular weight excluding hydrogens is 396 g/mol. The predicted molar refractivity (Wildman–Crippen MR) is 117 cm³/mol. The van der Waals surface area contributed by atoms with Crippen LogP contribution in [0.15, 0.2) is 0 Å². The van der Waals surface area contributed by atoms with Crippen molar-refractivity contribution in [2.45, 2.75) is 65.2 Å². The van der Waals surface area contributed by atoms with Crippen LogP contribution >= 0.6 is 11.6 Å². The van der Waals surface area contributed by atoms with Gasteiger partial charge in [0.15, 0.2) is 0 Å². The molecule has 29 heavy (non-hydrogen) atoms. The smallest absolute Gasteiger partial charge is 0.308 e. The monoisotopic (exact) mass is 438 g/mol. The summed E-state index contributed by atoms with van der Waals surface area (Å²) in [7, 11) is 0. The third-order valence-corrected chi connectivity index (χ3v) is 4.76. The van der Waals surface area contributed by atoms with Crippen molar-refractivity contribution in [2.24, 2.45) is 5.92 Å². The lowest BCUT2D eigenvalue weighted by atomic mass is 10.00. The van der Waals surface area contributed by atoms with Crippen molar-refractivity contribution in [3.63, 3.8) is 0 Å². The lowest BCUT2D eigenvalue weighted by Crippen LogP contribution is -2.20. The van der Waals surface area contributed by atoms with E-state index < -0.39 is 0 Å². The summed E-state index contributed by atoms with van der Waals surface area (Å²) < 4.78 is 27.1. The summed E-state index contributed by atoms with van der Waals surface area (Å²) in [4.78, 5) is 11.9. The molecule has 0 bridgehead atoms. The first-order chi connectivity index (χ1) is 14.3. The first kappa shape index (κ1) is 28.6. The Bertz CT molecular complexity index is 343. The maximum absolute atomic E-state index is 11.9. The van der Waals surface area contributed by atoms with Gasteiger partial charge in [0.2, 0.25) is 0 Å². The molecule has 0 saturated carbocycles. The summed E-state index contributed by atoms with van der Waals surface area (Å²) in [5.74, 6) is 0.662. The fourth-order valence-electron chi connectivity index (χ4n) is 2.67. The van der Waals surface area contributed by atoms with E-state index in [0.29, 0.717) is 52.9 Å². The second-order valence-electron chi connectivity index (χ2n) is 6.97. The van der Waals surface area contributed by atoms with Crippen LogP contribution in [0.2, 0.25) is 0 Å². The molecule has 0 aliphatic carbocycles. The van der Waals surface area contributed by atoms with E-state index >= 15 is 0 Å². The van der Waals surface area contributed by atoms with Crippen LogP contribution in [0.4, 0.5) is 0 Å². The van der Waals surface area contributed by atoms with Crippen LogP contribution in [-0.4, -0.2) is 71.3 Å². The number of unbranched alkanes of at least 4 members (excludes halogenated alkanes) is 4. The maximum atomic E-state index is 11.9. The van der Waals surface area contributed by atoms with E-state index in [1.807, 2.05) is 6.92 Å². The van der Waals surface area contributed by atoms with E-state index in [4.69, 9.17) is 35.3 Å². The SMILES string of the molecule is CCCCC(CC)C(=O)OCCOCCOCCOCCOCCCCCCCl. The van der Waals surface area contributed by atoms with Gasteiger partial charge in [0.25, 0.3) is 0 Å². The molecule has 174 valence electrons. The number of esters is 1. The largest absolute Gasteiger partial charge is 0.463 e. The number of alkyl halides is 1. The number of ether oxygens (including phenoxy) is 5. The average molecular weight is 439 g/mol. The minimum Gasteiger partial charge on any atom is -0.463 e. The molecule has 0 aliphatic heterocycles. The molecule has 0 aliphatic rings. The quantitative estimate of drug-likeness (QED) is 0.132. The summed E-state index contributed by atoms with van der Waals surface area (Å²) in [6, 6.07) is 0. The summed E-state index contributed by atoms with van der Waals surface area (Å²) in [5, 5.41) is 0. The van der Waals surface area contributed by atoms with E-state index in [9.17, 15) is 4.79 Å². The van der Waals surface area contributed by atoms with Gasteiger partial charge in [-0.1, -0.05) is 39.5 Å². The fourth-order valence-corrected chi connectivity index (χ4v) is 2.86. The zero-order chi connectivity index (χ0) is 21.4. The summed E-state index contributed by atoms with van der Waals surface area (Å²) in [6.07, 6.45) is 8.41. The molecule has 0 aromatic rings. The van der Waals surface area contributed by atoms with Gasteiger partial charge in [-0.15, -0.1) is 11.6 Å². The van der Waals surface area contributed by atoms with Crippen LogP contribution in [0.25, 0.3) is 0 Å². The summed E-state index contributed by atoms with van der Waals surface area (Å²) in [5.41, 5.74) is 0. The second kappa shape index (κ2) is 23.9. The Morgan fingerprint density at radius 2 is 1.21 bits per heavy atom. The second-order valence-corrected chi connectivity index (χ2v) is 7.35. The van der Waals surface area contributed by atoms with Crippen molar-refractivity contribution in [3.05, 3.63) is 0 Å². The van der Waals surface area contributed by atoms with Gasteiger partial charge < -0.3 is 23.7 Å². The molecule has 0 amide bonds. The molecule has 0 saturated heterocycles. The Morgan fingerprint density at radius 1 is 0.690 bits per heavy atom. The highest BCUT2D eigenvalue weighted by Crippen LogP contribution is 2.14. The van der Waals surface area contributed by atoms with E-state index in [1.165, 1.54) is 12.8 Å². The summed E-state index contributed by atoms with van der Waals surface area (Å²) in [6.45, 7) is 8.92. The van der Waals surface area contributed by atoms with E-state index in [1.54, 1.807) is 0 Å². The van der Waals surface area contributed by atoms with Gasteiger partial charge in [-0.2, -0.15) is 0 Å². The van der Waals surface area contributed by atoms with Crippen LogP contribution in [0, 0.1) is 5.92 Å². The number of halogens is 1. The van der Waals surface area contributed by atoms with Crippen molar-refractivity contribution < 1.29 is 28.5 Å². The standard InChI is InChI=1S/C22H43ClO6/c1-3-5-10-21(4-2)22(24)29-20-19-28-18-17-27-16-15-26-14-13-25-12-9-7-6-8-11-23/h21H,3-20H2,1-2H3. The highest BCUT2D eigenvalue weighted by atomic mass is 35.5. The molecule has 0 aromatic carbocycles. The molecule has 0 heterocycles. The van der Waals surface area contributed by atoms with Crippen molar-refractivity contribution in [1.29, 1.82) is 0 Å². The van der Waals surface area contributed by atoms with Crippen LogP contribution in [0.1, 0.15) is 65.2 Å². The summed E-state index contributed by atoms with van der Waals surface area (Å²) >= 11 is 5.63. The highest BCUT2D eigenvalue weighted by Gasteiger charge is 2.16. The van der Waals surface area contributed by atoms with Crippen LogP contribution in [0.3, 0.4) is 0 Å². The van der Waals surface area contributed by atoms with Gasteiger partial charge in [-0.05, 0) is 25.7 Å². The molecule has 6 nitrogen and oxygen atoms in total. The molecule has 1 atom stereocenters. The Hall–Kier alpha value is -0.400. The molecule has 0 radical (unpaired) electrons. The number of hydrogen-bond donors (Lipinski definition) is 0. The predicted octanol–water partition coefficient (Wildman–Crippen LogP) is 4.61.